The summed E-state index contributed by atoms with van der Waals surface area (Å²) in [6.07, 6.45) is 3.41. The Morgan fingerprint density at radius 2 is 1.90 bits per heavy atom. The van der Waals surface area contributed by atoms with Crippen LogP contribution in [0.5, 0.6) is 0 Å². The van der Waals surface area contributed by atoms with Crippen molar-refractivity contribution in [2.24, 2.45) is 4.99 Å². The van der Waals surface area contributed by atoms with E-state index < -0.39 is 0 Å². The molecule has 1 aromatic rings. The van der Waals surface area contributed by atoms with Gasteiger partial charge in [-0.2, -0.15) is 5.10 Å². The predicted molar refractivity (Wildman–Crippen MR) is 96.0 cm³/mol. The fourth-order valence-electron chi connectivity index (χ4n) is 1.94. The lowest BCUT2D eigenvalue weighted by molar-refractivity contribution is 0.555. The average molecular weight is 393 g/mol. The molecule has 0 aliphatic carbocycles. The third-order valence-corrected chi connectivity index (χ3v) is 2.99. The Labute approximate surface area is 139 Å². The van der Waals surface area contributed by atoms with Gasteiger partial charge in [-0.1, -0.05) is 13.3 Å². The second-order valence-corrected chi connectivity index (χ2v) is 4.78. The molecule has 0 atom stereocenters. The predicted octanol–water partition coefficient (Wildman–Crippen LogP) is 2.47. The van der Waals surface area contributed by atoms with Crippen LogP contribution in [0.2, 0.25) is 0 Å². The topological polar surface area (TPSA) is 54.2 Å². The van der Waals surface area contributed by atoms with Crippen LogP contribution in [0.3, 0.4) is 0 Å². The summed E-state index contributed by atoms with van der Waals surface area (Å²) < 4.78 is 2.06. The van der Waals surface area contributed by atoms with E-state index >= 15 is 0 Å². The molecule has 0 bridgehead atoms. The van der Waals surface area contributed by atoms with Crippen molar-refractivity contribution < 1.29 is 0 Å². The van der Waals surface area contributed by atoms with Gasteiger partial charge in [0.1, 0.15) is 0 Å². The number of halogens is 1. The van der Waals surface area contributed by atoms with Crippen LogP contribution < -0.4 is 10.6 Å². The van der Waals surface area contributed by atoms with E-state index in [1.165, 1.54) is 18.5 Å². The van der Waals surface area contributed by atoms with E-state index in [1.807, 2.05) is 14.0 Å². The number of rotatable bonds is 7. The molecule has 0 amide bonds. The molecule has 0 saturated heterocycles. The molecule has 0 aromatic carbocycles. The van der Waals surface area contributed by atoms with Crippen LogP contribution in [-0.4, -0.2) is 35.9 Å². The minimum Gasteiger partial charge on any atom is -0.356 e. The van der Waals surface area contributed by atoms with Crippen molar-refractivity contribution in [2.75, 3.05) is 20.1 Å². The molecule has 0 aliphatic heterocycles. The smallest absolute Gasteiger partial charge is 0.190 e. The molecular formula is C14H28IN5. The van der Waals surface area contributed by atoms with Gasteiger partial charge in [-0.05, 0) is 32.8 Å². The third-order valence-electron chi connectivity index (χ3n) is 2.99. The summed E-state index contributed by atoms with van der Waals surface area (Å²) in [5.41, 5.74) is 2.31. The normalized spacial score (nSPS) is 11.1. The number of nitrogens with zero attached hydrogens (tertiary/aromatic N) is 3. The second-order valence-electron chi connectivity index (χ2n) is 4.78. The average Bonchev–Trinajstić information content (AvgIpc) is 2.71. The lowest BCUT2D eigenvalue weighted by Crippen LogP contribution is -2.38. The van der Waals surface area contributed by atoms with Gasteiger partial charge in [0, 0.05) is 32.4 Å². The first kappa shape index (κ1) is 19.2. The Balaban J connectivity index is 0.00000361. The Bertz CT molecular complexity index is 400. The molecule has 20 heavy (non-hydrogen) atoms. The van der Waals surface area contributed by atoms with Gasteiger partial charge in [0.25, 0.3) is 0 Å². The van der Waals surface area contributed by atoms with Gasteiger partial charge < -0.3 is 10.6 Å². The lowest BCUT2D eigenvalue weighted by atomic mass is 10.3. The lowest BCUT2D eigenvalue weighted by Gasteiger charge is -2.11. The van der Waals surface area contributed by atoms with E-state index in [4.69, 9.17) is 0 Å². The van der Waals surface area contributed by atoms with Gasteiger partial charge in [-0.25, -0.2) is 0 Å². The number of guanidine groups is 1. The zero-order chi connectivity index (χ0) is 14.1. The molecule has 2 N–H and O–H groups in total. The standard InChI is InChI=1S/C14H27N5.HI/c1-5-6-8-16-14(15-4)17-9-7-10-19-13(3)11-12(2)18-19;/h11H,5-10H2,1-4H3,(H2,15,16,17);1H. The number of aromatic nitrogens is 2. The summed E-state index contributed by atoms with van der Waals surface area (Å²) in [7, 11) is 1.81. The van der Waals surface area contributed by atoms with Gasteiger partial charge in [0.05, 0.1) is 5.69 Å². The molecule has 0 radical (unpaired) electrons. The molecule has 116 valence electrons. The van der Waals surface area contributed by atoms with Crippen LogP contribution in [0.15, 0.2) is 11.1 Å². The Morgan fingerprint density at radius 1 is 1.25 bits per heavy atom. The highest BCUT2D eigenvalue weighted by atomic mass is 127. The quantitative estimate of drug-likeness (QED) is 0.324. The number of aliphatic imine (C=N–C) groups is 1. The highest BCUT2D eigenvalue weighted by Gasteiger charge is 2.00. The first-order chi connectivity index (χ1) is 9.17. The van der Waals surface area contributed by atoms with Crippen LogP contribution in [0.1, 0.15) is 37.6 Å². The summed E-state index contributed by atoms with van der Waals surface area (Å²) in [5.74, 6) is 0.891. The number of hydrogen-bond acceptors (Lipinski definition) is 2. The Hall–Kier alpha value is -0.790. The molecule has 5 nitrogen and oxygen atoms in total. The van der Waals surface area contributed by atoms with Crippen molar-refractivity contribution in [2.45, 2.75) is 46.6 Å². The largest absolute Gasteiger partial charge is 0.356 e. The minimum absolute atomic E-state index is 0. The number of hydrogen-bond donors (Lipinski definition) is 2. The zero-order valence-electron chi connectivity index (χ0n) is 13.1. The van der Waals surface area contributed by atoms with E-state index in [0.717, 1.165) is 37.7 Å². The van der Waals surface area contributed by atoms with Crippen LogP contribution >= 0.6 is 24.0 Å². The highest BCUT2D eigenvalue weighted by molar-refractivity contribution is 14.0. The molecule has 0 saturated carbocycles. The number of unbranched alkanes of at least 4 members (excludes halogenated alkanes) is 1. The van der Waals surface area contributed by atoms with Gasteiger partial charge >= 0.3 is 0 Å². The molecular weight excluding hydrogens is 365 g/mol. The van der Waals surface area contributed by atoms with E-state index in [2.05, 4.69) is 45.3 Å². The van der Waals surface area contributed by atoms with E-state index in [-0.39, 0.29) is 24.0 Å². The molecule has 1 aromatic heterocycles. The van der Waals surface area contributed by atoms with Crippen molar-refractivity contribution >= 4 is 29.9 Å². The van der Waals surface area contributed by atoms with Crippen molar-refractivity contribution in [3.63, 3.8) is 0 Å². The van der Waals surface area contributed by atoms with E-state index in [9.17, 15) is 0 Å². The minimum atomic E-state index is 0. The van der Waals surface area contributed by atoms with Gasteiger partial charge in [-0.3, -0.25) is 9.67 Å². The van der Waals surface area contributed by atoms with Crippen LogP contribution in [0.25, 0.3) is 0 Å². The molecule has 0 unspecified atom stereocenters. The summed E-state index contributed by atoms with van der Waals surface area (Å²) in [6.45, 7) is 9.14. The zero-order valence-corrected chi connectivity index (χ0v) is 15.4. The summed E-state index contributed by atoms with van der Waals surface area (Å²) in [6, 6.07) is 2.11. The summed E-state index contributed by atoms with van der Waals surface area (Å²) in [5, 5.41) is 11.1. The summed E-state index contributed by atoms with van der Waals surface area (Å²) >= 11 is 0. The van der Waals surface area contributed by atoms with Crippen LogP contribution in [0.4, 0.5) is 0 Å². The van der Waals surface area contributed by atoms with Crippen molar-refractivity contribution in [3.05, 3.63) is 17.5 Å². The second kappa shape index (κ2) is 10.9. The first-order valence-corrected chi connectivity index (χ1v) is 7.13. The summed E-state index contributed by atoms with van der Waals surface area (Å²) in [4.78, 5) is 4.20. The fourth-order valence-corrected chi connectivity index (χ4v) is 1.94. The molecule has 1 heterocycles. The number of nitrogens with one attached hydrogen (secondary N) is 2. The maximum Gasteiger partial charge on any atom is 0.190 e. The monoisotopic (exact) mass is 393 g/mol. The van der Waals surface area contributed by atoms with E-state index in [0.29, 0.717) is 0 Å². The van der Waals surface area contributed by atoms with Crippen molar-refractivity contribution in [1.29, 1.82) is 0 Å². The van der Waals surface area contributed by atoms with Gasteiger partial charge in [0.2, 0.25) is 0 Å². The maximum atomic E-state index is 4.45. The fraction of sp³-hybridized carbons (Fsp3) is 0.714. The van der Waals surface area contributed by atoms with E-state index in [1.54, 1.807) is 0 Å². The van der Waals surface area contributed by atoms with Crippen molar-refractivity contribution in [3.8, 4) is 0 Å². The molecule has 0 spiro atoms. The SMILES string of the molecule is CCCCNC(=NC)NCCCn1nc(C)cc1C.I. The van der Waals surface area contributed by atoms with Crippen molar-refractivity contribution in [1.82, 2.24) is 20.4 Å². The van der Waals surface area contributed by atoms with Crippen LogP contribution in [-0.2, 0) is 6.54 Å². The maximum absolute atomic E-state index is 4.45. The van der Waals surface area contributed by atoms with Crippen LogP contribution in [0, 0.1) is 13.8 Å². The Morgan fingerprint density at radius 3 is 2.40 bits per heavy atom. The van der Waals surface area contributed by atoms with Gasteiger partial charge in [-0.15, -0.1) is 24.0 Å². The molecule has 0 fully saturated rings. The molecule has 0 aliphatic rings. The number of aryl methyl sites for hydroxylation is 3. The highest BCUT2D eigenvalue weighted by Crippen LogP contribution is 2.02. The van der Waals surface area contributed by atoms with Gasteiger partial charge in [0.15, 0.2) is 5.96 Å². The first-order valence-electron chi connectivity index (χ1n) is 7.13. The molecule has 1 rings (SSSR count). The molecule has 6 heteroatoms. The third kappa shape index (κ3) is 7.12. The Kier molecular flexibility index (Phi) is 10.5.